The van der Waals surface area contributed by atoms with Crippen LogP contribution in [0.4, 0.5) is 0 Å². The van der Waals surface area contributed by atoms with Crippen LogP contribution in [-0.2, 0) is 5.41 Å². The Morgan fingerprint density at radius 1 is 0.565 bits per heavy atom. The molecule has 1 aliphatic carbocycles. The second-order valence-electron chi connectivity index (χ2n) is 7.04. The Kier molecular flexibility index (Phi) is 2.37. The Morgan fingerprint density at radius 2 is 1.30 bits per heavy atom. The summed E-state index contributed by atoms with van der Waals surface area (Å²) in [4.78, 5) is 0. The van der Waals surface area contributed by atoms with Crippen LogP contribution in [0.5, 0.6) is 0 Å². The lowest BCUT2D eigenvalue weighted by Crippen LogP contribution is -2.15. The Morgan fingerprint density at radius 3 is 2.22 bits per heavy atom. The van der Waals surface area contributed by atoms with Crippen LogP contribution < -0.4 is 0 Å². The molecule has 0 unspecified atom stereocenters. The van der Waals surface area contributed by atoms with E-state index < -0.39 is 0 Å². The minimum atomic E-state index is 0.0495. The van der Waals surface area contributed by atoms with Gasteiger partial charge in [-0.1, -0.05) is 86.6 Å². The van der Waals surface area contributed by atoms with Crippen LogP contribution in [-0.4, -0.2) is 0 Å². The molecule has 0 heterocycles. The highest BCUT2D eigenvalue weighted by molar-refractivity contribution is 6.11. The number of hydrogen-bond donors (Lipinski definition) is 0. The molecule has 110 valence electrons. The SMILES string of the molecule is CC1(C)c2ccccc2-c2ccc3c(ccc4ccccc43)c21. The quantitative estimate of drug-likeness (QED) is 0.334. The highest BCUT2D eigenvalue weighted by Gasteiger charge is 2.36. The van der Waals surface area contributed by atoms with Crippen molar-refractivity contribution in [3.05, 3.63) is 83.9 Å². The molecule has 0 nitrogen and oxygen atoms in total. The summed E-state index contributed by atoms with van der Waals surface area (Å²) < 4.78 is 0. The van der Waals surface area contributed by atoms with Gasteiger partial charge in [-0.15, -0.1) is 0 Å². The Balaban J connectivity index is 1.98. The molecule has 0 spiro atoms. The summed E-state index contributed by atoms with van der Waals surface area (Å²) in [6.45, 7) is 4.71. The van der Waals surface area contributed by atoms with Crippen molar-refractivity contribution in [1.82, 2.24) is 0 Å². The smallest absolute Gasteiger partial charge is 0.0165 e. The normalized spacial score (nSPS) is 14.9. The minimum Gasteiger partial charge on any atom is -0.0619 e. The molecule has 5 rings (SSSR count). The van der Waals surface area contributed by atoms with Crippen LogP contribution >= 0.6 is 0 Å². The lowest BCUT2D eigenvalue weighted by Gasteiger charge is -2.23. The molecular weight excluding hydrogens is 276 g/mol. The van der Waals surface area contributed by atoms with Gasteiger partial charge in [0.1, 0.15) is 0 Å². The van der Waals surface area contributed by atoms with Crippen LogP contribution in [0.2, 0.25) is 0 Å². The predicted octanol–water partition coefficient (Wildman–Crippen LogP) is 6.30. The molecule has 0 amide bonds. The molecule has 0 saturated carbocycles. The second-order valence-corrected chi connectivity index (χ2v) is 7.04. The van der Waals surface area contributed by atoms with E-state index in [4.69, 9.17) is 0 Å². The first-order valence-corrected chi connectivity index (χ1v) is 8.23. The summed E-state index contributed by atoms with van der Waals surface area (Å²) in [5, 5.41) is 5.41. The van der Waals surface area contributed by atoms with E-state index in [1.807, 2.05) is 0 Å². The van der Waals surface area contributed by atoms with Crippen LogP contribution in [0.15, 0.2) is 72.8 Å². The van der Waals surface area contributed by atoms with Crippen molar-refractivity contribution in [3.8, 4) is 11.1 Å². The van der Waals surface area contributed by atoms with Gasteiger partial charge in [0, 0.05) is 5.41 Å². The molecule has 4 aromatic rings. The minimum absolute atomic E-state index is 0.0495. The average Bonchev–Trinajstić information content (AvgIpc) is 2.83. The number of benzene rings is 4. The summed E-state index contributed by atoms with van der Waals surface area (Å²) in [6.07, 6.45) is 0. The molecule has 0 bridgehead atoms. The molecule has 0 N–H and O–H groups in total. The van der Waals surface area contributed by atoms with Gasteiger partial charge in [-0.05, 0) is 43.8 Å². The second kappa shape index (κ2) is 4.23. The van der Waals surface area contributed by atoms with E-state index >= 15 is 0 Å². The molecule has 0 atom stereocenters. The highest BCUT2D eigenvalue weighted by atomic mass is 14.4. The van der Waals surface area contributed by atoms with Crippen molar-refractivity contribution < 1.29 is 0 Å². The molecule has 0 heteroatoms. The van der Waals surface area contributed by atoms with Crippen molar-refractivity contribution >= 4 is 21.5 Å². The summed E-state index contributed by atoms with van der Waals surface area (Å²) >= 11 is 0. The molecule has 1 aliphatic rings. The average molecular weight is 294 g/mol. The zero-order valence-electron chi connectivity index (χ0n) is 13.4. The van der Waals surface area contributed by atoms with Gasteiger partial charge in [0.2, 0.25) is 0 Å². The van der Waals surface area contributed by atoms with Crippen LogP contribution in [0.3, 0.4) is 0 Å². The van der Waals surface area contributed by atoms with Gasteiger partial charge in [0.05, 0.1) is 0 Å². The van der Waals surface area contributed by atoms with Crippen molar-refractivity contribution in [1.29, 1.82) is 0 Å². The summed E-state index contributed by atoms with van der Waals surface area (Å²) in [5.74, 6) is 0. The van der Waals surface area contributed by atoms with Crippen LogP contribution in [0.25, 0.3) is 32.7 Å². The van der Waals surface area contributed by atoms with Crippen molar-refractivity contribution in [2.45, 2.75) is 19.3 Å². The number of rotatable bonds is 0. The Labute approximate surface area is 136 Å². The van der Waals surface area contributed by atoms with Crippen LogP contribution in [0.1, 0.15) is 25.0 Å². The lowest BCUT2D eigenvalue weighted by atomic mass is 9.80. The predicted molar refractivity (Wildman–Crippen MR) is 99.0 cm³/mol. The summed E-state index contributed by atoms with van der Waals surface area (Å²) in [6, 6.07) is 26.7. The molecule has 0 radical (unpaired) electrons. The molecule has 0 saturated heterocycles. The molecule has 0 aliphatic heterocycles. The van der Waals surface area contributed by atoms with Gasteiger partial charge in [-0.3, -0.25) is 0 Å². The molecule has 0 fully saturated rings. The van der Waals surface area contributed by atoms with E-state index in [1.54, 1.807) is 0 Å². The largest absolute Gasteiger partial charge is 0.0619 e. The summed E-state index contributed by atoms with van der Waals surface area (Å²) in [5.41, 5.74) is 5.75. The van der Waals surface area contributed by atoms with Gasteiger partial charge in [-0.2, -0.15) is 0 Å². The zero-order valence-corrected chi connectivity index (χ0v) is 13.4. The van der Waals surface area contributed by atoms with Gasteiger partial charge < -0.3 is 0 Å². The van der Waals surface area contributed by atoms with E-state index in [0.29, 0.717) is 0 Å². The van der Waals surface area contributed by atoms with Gasteiger partial charge >= 0.3 is 0 Å². The van der Waals surface area contributed by atoms with E-state index in [1.165, 1.54) is 43.8 Å². The lowest BCUT2D eigenvalue weighted by molar-refractivity contribution is 0.666. The maximum absolute atomic E-state index is 2.35. The highest BCUT2D eigenvalue weighted by Crippen LogP contribution is 2.51. The fraction of sp³-hybridized carbons (Fsp3) is 0.130. The Bertz CT molecular complexity index is 1080. The maximum Gasteiger partial charge on any atom is 0.0165 e. The van der Waals surface area contributed by atoms with Gasteiger partial charge in [0.25, 0.3) is 0 Å². The fourth-order valence-corrected chi connectivity index (χ4v) is 4.38. The standard InChI is InChI=1S/C23H18/c1-23(2)21-10-6-5-9-18(21)20-14-13-17-16-8-4-3-7-15(16)11-12-19(17)22(20)23/h3-14H,1-2H3. The first kappa shape index (κ1) is 12.9. The third-order valence-corrected chi connectivity index (χ3v) is 5.44. The zero-order chi connectivity index (χ0) is 15.6. The van der Waals surface area contributed by atoms with E-state index in [9.17, 15) is 0 Å². The summed E-state index contributed by atoms with van der Waals surface area (Å²) in [7, 11) is 0. The third kappa shape index (κ3) is 1.56. The van der Waals surface area contributed by atoms with Gasteiger partial charge in [-0.25, -0.2) is 0 Å². The number of fused-ring (bicyclic) bond motifs is 7. The molecule has 23 heavy (non-hydrogen) atoms. The van der Waals surface area contributed by atoms with Crippen LogP contribution in [0, 0.1) is 0 Å². The fourth-order valence-electron chi connectivity index (χ4n) is 4.38. The molecule has 0 aromatic heterocycles. The number of hydrogen-bond acceptors (Lipinski definition) is 0. The van der Waals surface area contributed by atoms with Crippen molar-refractivity contribution in [3.63, 3.8) is 0 Å². The van der Waals surface area contributed by atoms with E-state index in [2.05, 4.69) is 86.6 Å². The molecular formula is C23H18. The van der Waals surface area contributed by atoms with E-state index in [-0.39, 0.29) is 5.41 Å². The van der Waals surface area contributed by atoms with Crippen molar-refractivity contribution in [2.24, 2.45) is 0 Å². The van der Waals surface area contributed by atoms with Gasteiger partial charge in [0.15, 0.2) is 0 Å². The Hall–Kier alpha value is -2.60. The monoisotopic (exact) mass is 294 g/mol. The van der Waals surface area contributed by atoms with E-state index in [0.717, 1.165) is 0 Å². The maximum atomic E-state index is 2.35. The molecule has 4 aromatic carbocycles. The third-order valence-electron chi connectivity index (χ3n) is 5.44. The first-order chi connectivity index (χ1) is 11.2. The first-order valence-electron chi connectivity index (χ1n) is 8.23. The topological polar surface area (TPSA) is 0 Å². The van der Waals surface area contributed by atoms with Crippen molar-refractivity contribution in [2.75, 3.05) is 0 Å².